The molecule has 0 aliphatic carbocycles. The van der Waals surface area contributed by atoms with Crippen molar-refractivity contribution in [3.8, 4) is 23.0 Å². The average molecular weight is 603 g/mol. The average Bonchev–Trinajstić information content (AvgIpc) is 3.21. The van der Waals surface area contributed by atoms with Gasteiger partial charge in [0, 0.05) is 17.2 Å². The number of fused-ring (bicyclic) bond motifs is 1. The van der Waals surface area contributed by atoms with E-state index in [2.05, 4.69) is 20.9 Å². The molecule has 9 nitrogen and oxygen atoms in total. The molecule has 0 saturated heterocycles. The van der Waals surface area contributed by atoms with Gasteiger partial charge in [-0.25, -0.2) is 9.79 Å². The van der Waals surface area contributed by atoms with Gasteiger partial charge in [-0.3, -0.25) is 9.36 Å². The zero-order chi connectivity index (χ0) is 27.6. The van der Waals surface area contributed by atoms with Crippen LogP contribution < -0.4 is 33.8 Å². The van der Waals surface area contributed by atoms with Gasteiger partial charge in [0.05, 0.1) is 55.3 Å². The lowest BCUT2D eigenvalue weighted by molar-refractivity contribution is -0.139. The second kappa shape index (κ2) is 11.4. The molecular formula is C27H27BrN2O7S. The lowest BCUT2D eigenvalue weighted by Crippen LogP contribution is -2.40. The largest absolute Gasteiger partial charge is 0.497 e. The number of methoxy groups -OCH3 is 4. The Balaban J connectivity index is 2.02. The van der Waals surface area contributed by atoms with Crippen molar-refractivity contribution in [1.82, 2.24) is 4.57 Å². The van der Waals surface area contributed by atoms with Crippen LogP contribution in [0.3, 0.4) is 0 Å². The highest BCUT2D eigenvalue weighted by Gasteiger charge is 2.35. The molecule has 0 spiro atoms. The molecule has 0 bridgehead atoms. The third-order valence-electron chi connectivity index (χ3n) is 6.04. The Hall–Kier alpha value is -3.57. The van der Waals surface area contributed by atoms with E-state index in [1.54, 1.807) is 65.5 Å². The Morgan fingerprint density at radius 1 is 1.05 bits per heavy atom. The third kappa shape index (κ3) is 4.95. The molecule has 0 unspecified atom stereocenters. The lowest BCUT2D eigenvalue weighted by atomic mass is 9.94. The summed E-state index contributed by atoms with van der Waals surface area (Å²) in [4.78, 5) is 32.2. The molecule has 1 aliphatic rings. The molecule has 0 saturated carbocycles. The van der Waals surface area contributed by atoms with E-state index < -0.39 is 12.0 Å². The van der Waals surface area contributed by atoms with Crippen molar-refractivity contribution in [2.24, 2.45) is 4.99 Å². The SMILES string of the molecule is CCOC(=O)C1=C(C)N=c2s/c(=C\c3cc(Br)c(OC)cc3OC)c(=O)n2[C@@H]1c1cc(OC)ccc1OC. The minimum atomic E-state index is -0.845. The molecule has 2 heterocycles. The van der Waals surface area contributed by atoms with Gasteiger partial charge < -0.3 is 23.7 Å². The highest BCUT2D eigenvalue weighted by atomic mass is 79.9. The minimum absolute atomic E-state index is 0.175. The lowest BCUT2D eigenvalue weighted by Gasteiger charge is -2.26. The third-order valence-corrected chi connectivity index (χ3v) is 7.64. The first-order valence-electron chi connectivity index (χ1n) is 11.6. The van der Waals surface area contributed by atoms with Gasteiger partial charge in [0.2, 0.25) is 0 Å². The van der Waals surface area contributed by atoms with E-state index in [1.165, 1.54) is 23.0 Å². The Morgan fingerprint density at radius 2 is 1.76 bits per heavy atom. The maximum absolute atomic E-state index is 14.0. The summed E-state index contributed by atoms with van der Waals surface area (Å²) < 4.78 is 30.0. The fourth-order valence-electron chi connectivity index (χ4n) is 4.28. The molecule has 0 radical (unpaired) electrons. The molecule has 11 heteroatoms. The Bertz CT molecular complexity index is 1610. The number of hydrogen-bond donors (Lipinski definition) is 0. The predicted molar refractivity (Wildman–Crippen MR) is 147 cm³/mol. The van der Waals surface area contributed by atoms with Crippen molar-refractivity contribution in [2.75, 3.05) is 35.0 Å². The number of rotatable bonds is 8. The number of esters is 1. The van der Waals surface area contributed by atoms with Crippen LogP contribution in [0.4, 0.5) is 0 Å². The number of carbonyl (C=O) groups excluding carboxylic acids is 1. The van der Waals surface area contributed by atoms with Gasteiger partial charge in [-0.1, -0.05) is 11.3 Å². The van der Waals surface area contributed by atoms with E-state index in [0.29, 0.717) is 53.6 Å². The molecule has 1 atom stereocenters. The van der Waals surface area contributed by atoms with Crippen molar-refractivity contribution in [1.29, 1.82) is 0 Å². The van der Waals surface area contributed by atoms with Crippen LogP contribution in [0.1, 0.15) is 31.0 Å². The van der Waals surface area contributed by atoms with Gasteiger partial charge >= 0.3 is 5.97 Å². The molecule has 200 valence electrons. The molecule has 1 aromatic heterocycles. The minimum Gasteiger partial charge on any atom is -0.497 e. The van der Waals surface area contributed by atoms with Gasteiger partial charge in [-0.05, 0) is 60.1 Å². The van der Waals surface area contributed by atoms with Crippen LogP contribution >= 0.6 is 27.3 Å². The zero-order valence-corrected chi connectivity index (χ0v) is 24.2. The number of aromatic nitrogens is 1. The number of halogens is 1. The molecular weight excluding hydrogens is 576 g/mol. The zero-order valence-electron chi connectivity index (χ0n) is 21.8. The van der Waals surface area contributed by atoms with Gasteiger partial charge in [0.15, 0.2) is 4.80 Å². The predicted octanol–water partition coefficient (Wildman–Crippen LogP) is 3.60. The van der Waals surface area contributed by atoms with Crippen LogP contribution in [-0.4, -0.2) is 45.6 Å². The van der Waals surface area contributed by atoms with Gasteiger partial charge in [-0.2, -0.15) is 0 Å². The number of ether oxygens (including phenoxy) is 5. The molecule has 0 fully saturated rings. The maximum Gasteiger partial charge on any atom is 0.338 e. The van der Waals surface area contributed by atoms with Crippen LogP contribution in [0.2, 0.25) is 0 Å². The fourth-order valence-corrected chi connectivity index (χ4v) is 5.84. The molecule has 1 aliphatic heterocycles. The summed E-state index contributed by atoms with van der Waals surface area (Å²) in [5, 5.41) is 0. The highest BCUT2D eigenvalue weighted by molar-refractivity contribution is 9.10. The molecule has 4 rings (SSSR count). The first kappa shape index (κ1) is 27.5. The first-order valence-corrected chi connectivity index (χ1v) is 13.2. The van der Waals surface area contributed by atoms with E-state index in [4.69, 9.17) is 23.7 Å². The van der Waals surface area contributed by atoms with Crippen LogP contribution in [0, 0.1) is 0 Å². The van der Waals surface area contributed by atoms with Crippen LogP contribution in [0.5, 0.6) is 23.0 Å². The van der Waals surface area contributed by atoms with Crippen molar-refractivity contribution in [3.63, 3.8) is 0 Å². The van der Waals surface area contributed by atoms with Gasteiger partial charge in [0.1, 0.15) is 29.0 Å². The Morgan fingerprint density at radius 3 is 2.39 bits per heavy atom. The summed E-state index contributed by atoms with van der Waals surface area (Å²) in [5.41, 5.74) is 1.62. The topological polar surface area (TPSA) is 97.6 Å². The van der Waals surface area contributed by atoms with E-state index in [1.807, 2.05) is 6.07 Å². The summed E-state index contributed by atoms with van der Waals surface area (Å²) in [6.07, 6.45) is 1.73. The van der Waals surface area contributed by atoms with Crippen LogP contribution in [-0.2, 0) is 9.53 Å². The molecule has 0 N–H and O–H groups in total. The van der Waals surface area contributed by atoms with Crippen molar-refractivity contribution in [2.45, 2.75) is 19.9 Å². The Kier molecular flexibility index (Phi) is 8.27. The standard InChI is InChI=1S/C27H27BrN2O7S/c1-7-37-26(32)23-14(2)29-27-30(24(23)17-12-16(33-3)8-9-19(17)34-4)25(31)22(38-27)11-15-10-18(28)21(36-6)13-20(15)35-5/h8-13,24H,7H2,1-6H3/b22-11-/t24-/m1/s1. The second-order valence-electron chi connectivity index (χ2n) is 8.14. The maximum atomic E-state index is 14.0. The van der Waals surface area contributed by atoms with Gasteiger partial charge in [0.25, 0.3) is 5.56 Å². The summed E-state index contributed by atoms with van der Waals surface area (Å²) in [6, 6.07) is 7.94. The summed E-state index contributed by atoms with van der Waals surface area (Å²) in [7, 11) is 6.19. The quantitative estimate of drug-likeness (QED) is 0.363. The number of benzene rings is 2. The molecule has 38 heavy (non-hydrogen) atoms. The first-order chi connectivity index (χ1) is 18.3. The number of hydrogen-bond acceptors (Lipinski definition) is 9. The summed E-state index contributed by atoms with van der Waals surface area (Å²) in [5.74, 6) is 1.61. The second-order valence-corrected chi connectivity index (χ2v) is 10.0. The molecule has 3 aromatic rings. The summed E-state index contributed by atoms with van der Waals surface area (Å²) in [6.45, 7) is 3.63. The fraction of sp³-hybridized carbons (Fsp3) is 0.296. The molecule has 0 amide bonds. The van der Waals surface area contributed by atoms with E-state index in [0.717, 1.165) is 0 Å². The van der Waals surface area contributed by atoms with Crippen molar-refractivity contribution in [3.05, 3.63) is 76.9 Å². The summed E-state index contributed by atoms with van der Waals surface area (Å²) >= 11 is 4.70. The Labute approximate surface area is 231 Å². The van der Waals surface area contributed by atoms with Crippen LogP contribution in [0.25, 0.3) is 6.08 Å². The van der Waals surface area contributed by atoms with Gasteiger partial charge in [-0.15, -0.1) is 0 Å². The molecule has 2 aromatic carbocycles. The van der Waals surface area contributed by atoms with Crippen molar-refractivity contribution >= 4 is 39.3 Å². The number of nitrogens with zero attached hydrogens (tertiary/aromatic N) is 2. The van der Waals surface area contributed by atoms with E-state index in [-0.39, 0.29) is 17.7 Å². The number of allylic oxidation sites excluding steroid dienone is 1. The highest BCUT2D eigenvalue weighted by Crippen LogP contribution is 2.38. The van der Waals surface area contributed by atoms with E-state index in [9.17, 15) is 9.59 Å². The normalized spacial score (nSPS) is 15.0. The smallest absolute Gasteiger partial charge is 0.338 e. The van der Waals surface area contributed by atoms with Crippen LogP contribution in [0.15, 0.2) is 55.9 Å². The van der Waals surface area contributed by atoms with E-state index >= 15 is 0 Å². The monoisotopic (exact) mass is 602 g/mol. The van der Waals surface area contributed by atoms with Crippen molar-refractivity contribution < 1.29 is 28.5 Å². The number of carbonyl (C=O) groups is 1. The number of thiazole rings is 1.